The van der Waals surface area contributed by atoms with E-state index in [0.717, 1.165) is 5.56 Å². The molecule has 1 atom stereocenters. The van der Waals surface area contributed by atoms with Crippen molar-refractivity contribution in [1.29, 1.82) is 0 Å². The van der Waals surface area contributed by atoms with Gasteiger partial charge in [-0.2, -0.15) is 0 Å². The quantitative estimate of drug-likeness (QED) is 0.633. The summed E-state index contributed by atoms with van der Waals surface area (Å²) in [5.74, 6) is -1.28. The summed E-state index contributed by atoms with van der Waals surface area (Å²) in [7, 11) is 0. The van der Waals surface area contributed by atoms with Crippen molar-refractivity contribution in [2.45, 2.75) is 26.8 Å². The lowest BCUT2D eigenvalue weighted by Gasteiger charge is -2.12. The average molecular weight is 322 g/mol. The predicted octanol–water partition coefficient (Wildman–Crippen LogP) is 1.77. The number of nitrogens with one attached hydrogen (secondary N) is 2. The van der Waals surface area contributed by atoms with Gasteiger partial charge in [-0.3, -0.25) is 4.79 Å². The van der Waals surface area contributed by atoms with Gasteiger partial charge in [-0.1, -0.05) is 19.1 Å². The fourth-order valence-electron chi connectivity index (χ4n) is 1.85. The van der Waals surface area contributed by atoms with Gasteiger partial charge in [0.15, 0.2) is 0 Å². The van der Waals surface area contributed by atoms with Gasteiger partial charge in [-0.05, 0) is 30.5 Å². The van der Waals surface area contributed by atoms with Gasteiger partial charge in [0.25, 0.3) is 0 Å². The first-order chi connectivity index (χ1) is 10.9. The fraction of sp³-hybridized carbons (Fsp3) is 0.438. The van der Waals surface area contributed by atoms with E-state index in [9.17, 15) is 14.4 Å². The number of hydrogen-bond acceptors (Lipinski definition) is 4. The number of ether oxygens (including phenoxy) is 1. The molecule has 126 valence electrons. The number of urea groups is 1. The molecular formula is C16H22N2O5. The van der Waals surface area contributed by atoms with Crippen LogP contribution in [0.5, 0.6) is 0 Å². The summed E-state index contributed by atoms with van der Waals surface area (Å²) in [6.45, 7) is 4.60. The number of carboxylic acid groups (broad SMARTS) is 1. The van der Waals surface area contributed by atoms with Crippen LogP contribution in [0.3, 0.4) is 0 Å². The molecule has 1 rings (SSSR count). The lowest BCUT2D eigenvalue weighted by molar-refractivity contribution is -0.144. The van der Waals surface area contributed by atoms with Gasteiger partial charge in [0.2, 0.25) is 0 Å². The number of hydrogen-bond donors (Lipinski definition) is 3. The summed E-state index contributed by atoms with van der Waals surface area (Å²) < 4.78 is 4.84. The Morgan fingerprint density at radius 1 is 1.17 bits per heavy atom. The molecule has 1 aromatic carbocycles. The number of benzene rings is 1. The van der Waals surface area contributed by atoms with E-state index in [1.807, 2.05) is 6.92 Å². The predicted molar refractivity (Wildman–Crippen MR) is 84.1 cm³/mol. The molecule has 1 unspecified atom stereocenters. The first kappa shape index (κ1) is 18.5. The molecule has 0 bridgehead atoms. The number of carboxylic acids is 1. The van der Waals surface area contributed by atoms with E-state index in [1.165, 1.54) is 12.1 Å². The number of aromatic carboxylic acids is 1. The number of amides is 2. The monoisotopic (exact) mass is 322 g/mol. The molecule has 1 aromatic rings. The number of carbonyl (C=O) groups excluding carboxylic acids is 2. The zero-order valence-electron chi connectivity index (χ0n) is 13.3. The zero-order chi connectivity index (χ0) is 17.2. The Hall–Kier alpha value is -2.57. The third kappa shape index (κ3) is 7.30. The highest BCUT2D eigenvalue weighted by Gasteiger charge is 2.11. The highest BCUT2D eigenvalue weighted by Crippen LogP contribution is 2.04. The van der Waals surface area contributed by atoms with E-state index in [1.54, 1.807) is 19.1 Å². The zero-order valence-corrected chi connectivity index (χ0v) is 13.3. The van der Waals surface area contributed by atoms with Crippen molar-refractivity contribution < 1.29 is 24.2 Å². The van der Waals surface area contributed by atoms with Crippen molar-refractivity contribution in [3.8, 4) is 0 Å². The molecule has 0 heterocycles. The first-order valence-electron chi connectivity index (χ1n) is 7.42. The topological polar surface area (TPSA) is 105 Å². The number of esters is 1. The van der Waals surface area contributed by atoms with Crippen LogP contribution in [0.15, 0.2) is 24.3 Å². The van der Waals surface area contributed by atoms with Crippen LogP contribution in [0.4, 0.5) is 4.79 Å². The Morgan fingerprint density at radius 2 is 1.83 bits per heavy atom. The third-order valence-electron chi connectivity index (χ3n) is 3.09. The van der Waals surface area contributed by atoms with E-state index in [-0.39, 0.29) is 36.4 Å². The van der Waals surface area contributed by atoms with Gasteiger partial charge in [0.1, 0.15) is 0 Å². The smallest absolute Gasteiger partial charge is 0.335 e. The lowest BCUT2D eigenvalue weighted by Crippen LogP contribution is -2.37. The standard InChI is InChI=1S/C16H22N2O5/c1-3-23-14(19)8-11(2)9-17-16(22)18-10-12-4-6-13(7-5-12)15(20)21/h4-7,11H,3,8-10H2,1-2H3,(H,20,21)(H2,17,18,22). The van der Waals surface area contributed by atoms with Gasteiger partial charge < -0.3 is 20.5 Å². The Kier molecular flexibility index (Phi) is 7.59. The molecule has 0 saturated carbocycles. The third-order valence-corrected chi connectivity index (χ3v) is 3.09. The highest BCUT2D eigenvalue weighted by molar-refractivity contribution is 5.87. The lowest BCUT2D eigenvalue weighted by atomic mass is 10.1. The van der Waals surface area contributed by atoms with Crippen LogP contribution < -0.4 is 10.6 Å². The van der Waals surface area contributed by atoms with Crippen molar-refractivity contribution in [2.75, 3.05) is 13.2 Å². The molecule has 23 heavy (non-hydrogen) atoms. The van der Waals surface area contributed by atoms with E-state index in [0.29, 0.717) is 13.2 Å². The molecule has 0 aliphatic rings. The van der Waals surface area contributed by atoms with Gasteiger partial charge in [0, 0.05) is 19.5 Å². The first-order valence-corrected chi connectivity index (χ1v) is 7.42. The maximum Gasteiger partial charge on any atom is 0.335 e. The van der Waals surface area contributed by atoms with E-state index in [4.69, 9.17) is 9.84 Å². The van der Waals surface area contributed by atoms with Crippen molar-refractivity contribution in [1.82, 2.24) is 10.6 Å². The molecule has 3 N–H and O–H groups in total. The molecule has 0 radical (unpaired) electrons. The van der Waals surface area contributed by atoms with Crippen molar-refractivity contribution in [2.24, 2.45) is 5.92 Å². The minimum absolute atomic E-state index is 0.0188. The second kappa shape index (κ2) is 9.45. The highest BCUT2D eigenvalue weighted by atomic mass is 16.5. The molecule has 0 aliphatic carbocycles. The van der Waals surface area contributed by atoms with Crippen LogP contribution in [-0.4, -0.2) is 36.2 Å². The van der Waals surface area contributed by atoms with Crippen LogP contribution in [-0.2, 0) is 16.1 Å². The second-order valence-corrected chi connectivity index (χ2v) is 5.18. The van der Waals surface area contributed by atoms with Crippen molar-refractivity contribution in [3.63, 3.8) is 0 Å². The molecular weight excluding hydrogens is 300 g/mol. The summed E-state index contributed by atoms with van der Waals surface area (Å²) in [6, 6.07) is 5.92. The van der Waals surface area contributed by atoms with E-state index in [2.05, 4.69) is 10.6 Å². The summed E-state index contributed by atoms with van der Waals surface area (Å²) in [5.41, 5.74) is 0.996. The average Bonchev–Trinajstić information content (AvgIpc) is 2.51. The molecule has 2 amide bonds. The summed E-state index contributed by atoms with van der Waals surface area (Å²) >= 11 is 0. The van der Waals surface area contributed by atoms with Crippen LogP contribution >= 0.6 is 0 Å². The van der Waals surface area contributed by atoms with Crippen LogP contribution in [0.1, 0.15) is 36.2 Å². The van der Waals surface area contributed by atoms with E-state index >= 15 is 0 Å². The summed E-state index contributed by atoms with van der Waals surface area (Å²) in [6.07, 6.45) is 0.255. The van der Waals surface area contributed by atoms with Gasteiger partial charge in [-0.25, -0.2) is 9.59 Å². The van der Waals surface area contributed by atoms with Gasteiger partial charge in [-0.15, -0.1) is 0 Å². The maximum atomic E-state index is 11.7. The molecule has 0 spiro atoms. The Bertz CT molecular complexity index is 542. The Morgan fingerprint density at radius 3 is 2.39 bits per heavy atom. The molecule has 0 fully saturated rings. The molecule has 0 aliphatic heterocycles. The van der Waals surface area contributed by atoms with Crippen molar-refractivity contribution >= 4 is 18.0 Å². The SMILES string of the molecule is CCOC(=O)CC(C)CNC(=O)NCc1ccc(C(=O)O)cc1. The molecule has 0 saturated heterocycles. The normalized spacial score (nSPS) is 11.4. The minimum Gasteiger partial charge on any atom is -0.478 e. The van der Waals surface area contributed by atoms with Crippen LogP contribution in [0, 0.1) is 5.92 Å². The molecule has 7 nitrogen and oxygen atoms in total. The van der Waals surface area contributed by atoms with E-state index < -0.39 is 5.97 Å². The van der Waals surface area contributed by atoms with Crippen LogP contribution in [0.25, 0.3) is 0 Å². The second-order valence-electron chi connectivity index (χ2n) is 5.18. The molecule has 7 heteroatoms. The summed E-state index contributed by atoms with van der Waals surface area (Å²) in [4.78, 5) is 33.7. The maximum absolute atomic E-state index is 11.7. The summed E-state index contributed by atoms with van der Waals surface area (Å²) in [5, 5.41) is 14.1. The van der Waals surface area contributed by atoms with Crippen molar-refractivity contribution in [3.05, 3.63) is 35.4 Å². The number of carbonyl (C=O) groups is 3. The van der Waals surface area contributed by atoms with Gasteiger partial charge >= 0.3 is 18.0 Å². The molecule has 0 aromatic heterocycles. The minimum atomic E-state index is -0.988. The largest absolute Gasteiger partial charge is 0.478 e. The Balaban J connectivity index is 2.28. The van der Waals surface area contributed by atoms with Crippen LogP contribution in [0.2, 0.25) is 0 Å². The Labute approximate surface area is 135 Å². The fourth-order valence-corrected chi connectivity index (χ4v) is 1.85. The number of rotatable bonds is 8. The van der Waals surface area contributed by atoms with Gasteiger partial charge in [0.05, 0.1) is 12.2 Å².